The Hall–Kier alpha value is -1.62. The van der Waals surface area contributed by atoms with Gasteiger partial charge in [-0.15, -0.1) is 0 Å². The topological polar surface area (TPSA) is 48.5 Å². The lowest BCUT2D eigenvalue weighted by atomic mass is 10.2. The first-order chi connectivity index (χ1) is 9.60. The molecular formula is C15H24N4O. The molecule has 1 aliphatic rings. The van der Waals surface area contributed by atoms with Gasteiger partial charge >= 0.3 is 0 Å². The van der Waals surface area contributed by atoms with Crippen LogP contribution in [0, 0.1) is 0 Å². The summed E-state index contributed by atoms with van der Waals surface area (Å²) in [6.45, 7) is 8.12. The number of nitrogens with one attached hydrogen (secondary N) is 1. The van der Waals surface area contributed by atoms with E-state index >= 15 is 0 Å². The van der Waals surface area contributed by atoms with Crippen LogP contribution in [0.3, 0.4) is 0 Å². The predicted molar refractivity (Wildman–Crippen MR) is 81.2 cm³/mol. The van der Waals surface area contributed by atoms with Gasteiger partial charge in [-0.2, -0.15) is 0 Å². The van der Waals surface area contributed by atoms with Crippen molar-refractivity contribution in [1.82, 2.24) is 15.2 Å². The monoisotopic (exact) mass is 276 g/mol. The summed E-state index contributed by atoms with van der Waals surface area (Å²) in [6.07, 6.45) is 4.40. The summed E-state index contributed by atoms with van der Waals surface area (Å²) in [5, 5.41) is 2.98. The maximum absolute atomic E-state index is 12.1. The van der Waals surface area contributed by atoms with Crippen LogP contribution in [0.1, 0.15) is 30.6 Å². The number of amides is 1. The van der Waals surface area contributed by atoms with E-state index in [1.807, 2.05) is 19.2 Å². The molecular weight excluding hydrogens is 252 g/mol. The summed E-state index contributed by atoms with van der Waals surface area (Å²) in [5.74, 6) is -0.0390. The highest BCUT2D eigenvalue weighted by Gasteiger charge is 2.16. The van der Waals surface area contributed by atoms with E-state index in [2.05, 4.69) is 34.1 Å². The van der Waals surface area contributed by atoms with Crippen LogP contribution in [0.2, 0.25) is 0 Å². The standard InChI is InChI=1S/C15H24N4O/c1-4-12(2)17-15(20)13-9-14(11-16-10-13)19-7-5-18(3)6-8-19/h9-12H,4-8H2,1-3H3,(H,17,20). The second-order valence-electron chi connectivity index (χ2n) is 5.50. The quantitative estimate of drug-likeness (QED) is 0.902. The molecule has 1 amide bonds. The number of carbonyl (C=O) groups is 1. The van der Waals surface area contributed by atoms with Crippen molar-refractivity contribution < 1.29 is 4.79 Å². The summed E-state index contributed by atoms with van der Waals surface area (Å²) < 4.78 is 0. The zero-order valence-electron chi connectivity index (χ0n) is 12.6. The number of aromatic nitrogens is 1. The fourth-order valence-corrected chi connectivity index (χ4v) is 2.20. The molecule has 20 heavy (non-hydrogen) atoms. The van der Waals surface area contributed by atoms with Crippen molar-refractivity contribution in [3.8, 4) is 0 Å². The predicted octanol–water partition coefficient (Wildman–Crippen LogP) is 1.36. The number of rotatable bonds is 4. The minimum absolute atomic E-state index is 0.0390. The van der Waals surface area contributed by atoms with Crippen LogP contribution < -0.4 is 10.2 Å². The van der Waals surface area contributed by atoms with Crippen LogP contribution in [-0.2, 0) is 0 Å². The lowest BCUT2D eigenvalue weighted by Crippen LogP contribution is -2.44. The van der Waals surface area contributed by atoms with E-state index in [0.29, 0.717) is 5.56 Å². The molecule has 2 rings (SSSR count). The molecule has 0 aromatic carbocycles. The molecule has 0 bridgehead atoms. The third-order valence-electron chi connectivity index (χ3n) is 3.84. The number of piperazine rings is 1. The van der Waals surface area contributed by atoms with Gasteiger partial charge in [-0.1, -0.05) is 6.92 Å². The van der Waals surface area contributed by atoms with Gasteiger partial charge in [-0.25, -0.2) is 0 Å². The molecule has 1 aromatic heterocycles. The minimum Gasteiger partial charge on any atom is -0.368 e. The van der Waals surface area contributed by atoms with Gasteiger partial charge < -0.3 is 15.1 Å². The van der Waals surface area contributed by atoms with E-state index in [9.17, 15) is 4.79 Å². The first-order valence-corrected chi connectivity index (χ1v) is 7.29. The lowest BCUT2D eigenvalue weighted by molar-refractivity contribution is 0.0939. The van der Waals surface area contributed by atoms with Gasteiger partial charge in [0.15, 0.2) is 0 Å². The molecule has 1 N–H and O–H groups in total. The maximum atomic E-state index is 12.1. The summed E-state index contributed by atoms with van der Waals surface area (Å²) in [7, 11) is 2.13. The van der Waals surface area contributed by atoms with Gasteiger partial charge in [0.05, 0.1) is 17.4 Å². The molecule has 0 saturated carbocycles. The Morgan fingerprint density at radius 1 is 1.35 bits per heavy atom. The Morgan fingerprint density at radius 3 is 2.70 bits per heavy atom. The smallest absolute Gasteiger partial charge is 0.253 e. The highest BCUT2D eigenvalue weighted by atomic mass is 16.1. The number of carbonyl (C=O) groups excluding carboxylic acids is 1. The molecule has 1 aromatic rings. The van der Waals surface area contributed by atoms with Crippen molar-refractivity contribution in [3.63, 3.8) is 0 Å². The zero-order valence-corrected chi connectivity index (χ0v) is 12.6. The van der Waals surface area contributed by atoms with Crippen LogP contribution in [-0.4, -0.2) is 55.1 Å². The highest BCUT2D eigenvalue weighted by molar-refractivity contribution is 5.94. The first-order valence-electron chi connectivity index (χ1n) is 7.29. The Kier molecular flexibility index (Phi) is 4.95. The molecule has 110 valence electrons. The van der Waals surface area contributed by atoms with Crippen molar-refractivity contribution in [2.24, 2.45) is 0 Å². The number of likely N-dealkylation sites (N-methyl/N-ethyl adjacent to an activating group) is 1. The third kappa shape index (κ3) is 3.70. The molecule has 5 heteroatoms. The number of anilines is 1. The van der Waals surface area contributed by atoms with Gasteiger partial charge in [0, 0.05) is 38.4 Å². The number of hydrogen-bond acceptors (Lipinski definition) is 4. The van der Waals surface area contributed by atoms with Gasteiger partial charge in [0.2, 0.25) is 0 Å². The molecule has 0 radical (unpaired) electrons. The second-order valence-corrected chi connectivity index (χ2v) is 5.50. The molecule has 0 spiro atoms. The van der Waals surface area contributed by atoms with Crippen molar-refractivity contribution in [2.45, 2.75) is 26.3 Å². The highest BCUT2D eigenvalue weighted by Crippen LogP contribution is 2.16. The minimum atomic E-state index is -0.0390. The van der Waals surface area contributed by atoms with E-state index in [4.69, 9.17) is 0 Å². The fourth-order valence-electron chi connectivity index (χ4n) is 2.20. The molecule has 1 fully saturated rings. The van der Waals surface area contributed by atoms with E-state index in [1.165, 1.54) is 0 Å². The maximum Gasteiger partial charge on any atom is 0.253 e. The first kappa shape index (κ1) is 14.8. The van der Waals surface area contributed by atoms with E-state index in [-0.39, 0.29) is 11.9 Å². The molecule has 1 atom stereocenters. The molecule has 5 nitrogen and oxygen atoms in total. The Morgan fingerprint density at radius 2 is 2.05 bits per heavy atom. The number of nitrogens with zero attached hydrogens (tertiary/aromatic N) is 3. The molecule has 1 saturated heterocycles. The number of hydrogen-bond donors (Lipinski definition) is 1. The average molecular weight is 276 g/mol. The van der Waals surface area contributed by atoms with Gasteiger partial charge in [0.1, 0.15) is 0 Å². The third-order valence-corrected chi connectivity index (χ3v) is 3.84. The van der Waals surface area contributed by atoms with Crippen molar-refractivity contribution in [1.29, 1.82) is 0 Å². The van der Waals surface area contributed by atoms with Gasteiger partial charge in [-0.3, -0.25) is 9.78 Å². The molecule has 1 unspecified atom stereocenters. The largest absolute Gasteiger partial charge is 0.368 e. The van der Waals surface area contributed by atoms with Crippen LogP contribution in [0.4, 0.5) is 5.69 Å². The van der Waals surface area contributed by atoms with E-state index in [1.54, 1.807) is 6.20 Å². The average Bonchev–Trinajstić information content (AvgIpc) is 2.48. The zero-order chi connectivity index (χ0) is 14.5. The van der Waals surface area contributed by atoms with Gasteiger partial charge in [0.25, 0.3) is 5.91 Å². The normalized spacial score (nSPS) is 17.9. The second kappa shape index (κ2) is 6.70. The van der Waals surface area contributed by atoms with Crippen molar-refractivity contribution in [3.05, 3.63) is 24.0 Å². The van der Waals surface area contributed by atoms with Gasteiger partial charge in [-0.05, 0) is 26.5 Å². The number of pyridine rings is 1. The van der Waals surface area contributed by atoms with Crippen LogP contribution in [0.5, 0.6) is 0 Å². The molecule has 1 aliphatic heterocycles. The summed E-state index contributed by atoms with van der Waals surface area (Å²) in [4.78, 5) is 20.9. The fraction of sp³-hybridized carbons (Fsp3) is 0.600. The Bertz CT molecular complexity index is 455. The van der Waals surface area contributed by atoms with Crippen molar-refractivity contribution >= 4 is 11.6 Å². The summed E-state index contributed by atoms with van der Waals surface area (Å²) in [6, 6.07) is 2.13. The Labute approximate surface area is 121 Å². The van der Waals surface area contributed by atoms with Crippen LogP contribution in [0.15, 0.2) is 18.5 Å². The lowest BCUT2D eigenvalue weighted by Gasteiger charge is -2.33. The Balaban J connectivity index is 2.06. The van der Waals surface area contributed by atoms with E-state index in [0.717, 1.165) is 38.3 Å². The van der Waals surface area contributed by atoms with Crippen LogP contribution in [0.25, 0.3) is 0 Å². The molecule has 0 aliphatic carbocycles. The van der Waals surface area contributed by atoms with Crippen molar-refractivity contribution in [2.75, 3.05) is 38.1 Å². The molecule has 2 heterocycles. The SMILES string of the molecule is CCC(C)NC(=O)c1cncc(N2CCN(C)CC2)c1. The summed E-state index contributed by atoms with van der Waals surface area (Å²) in [5.41, 5.74) is 1.68. The van der Waals surface area contributed by atoms with E-state index < -0.39 is 0 Å². The van der Waals surface area contributed by atoms with Crippen LogP contribution >= 0.6 is 0 Å². The summed E-state index contributed by atoms with van der Waals surface area (Å²) >= 11 is 0.